The van der Waals surface area contributed by atoms with Crippen molar-refractivity contribution in [3.05, 3.63) is 36.2 Å². The predicted molar refractivity (Wildman–Crippen MR) is 117 cm³/mol. The summed E-state index contributed by atoms with van der Waals surface area (Å²) in [6.07, 6.45) is 2.82. The monoisotopic (exact) mass is 471 g/mol. The average Bonchev–Trinajstić information content (AvgIpc) is 3.25. The van der Waals surface area contributed by atoms with Crippen molar-refractivity contribution in [3.8, 4) is 11.4 Å². The van der Waals surface area contributed by atoms with Crippen LogP contribution in [-0.4, -0.2) is 50.5 Å². The van der Waals surface area contributed by atoms with E-state index in [0.29, 0.717) is 11.4 Å². The summed E-state index contributed by atoms with van der Waals surface area (Å²) in [7, 11) is 0. The molecule has 0 aliphatic heterocycles. The van der Waals surface area contributed by atoms with Gasteiger partial charge >= 0.3 is 12.1 Å². The molecule has 33 heavy (non-hydrogen) atoms. The molecule has 1 heterocycles. The molecule has 13 heteroatoms. The Labute approximate surface area is 189 Å². The molecule has 5 N–H and O–H groups in total. The highest BCUT2D eigenvalue weighted by atomic mass is 19.4. The SMILES string of the molecule is CCCCCCCOc1ccc(-n2cc(/C(C)=N/N=C(N)N)nn2)cc1.O=C(O)C(F)(F)F. The zero-order valence-electron chi connectivity index (χ0n) is 18.4. The number of hydrogen-bond acceptors (Lipinski definition) is 6. The van der Waals surface area contributed by atoms with Gasteiger partial charge in [0.1, 0.15) is 11.4 Å². The molecule has 0 bridgehead atoms. The number of aliphatic carboxylic acids is 1. The Bertz CT molecular complexity index is 922. The molecule has 0 saturated carbocycles. The van der Waals surface area contributed by atoms with Crippen molar-refractivity contribution in [3.63, 3.8) is 0 Å². The number of nitrogens with zero attached hydrogens (tertiary/aromatic N) is 5. The Balaban J connectivity index is 0.000000675. The van der Waals surface area contributed by atoms with Crippen LogP contribution in [0, 0.1) is 0 Å². The number of carbonyl (C=O) groups is 1. The number of ether oxygens (including phenoxy) is 1. The molecule has 1 aromatic heterocycles. The summed E-state index contributed by atoms with van der Waals surface area (Å²) in [4.78, 5) is 8.90. The molecule has 0 unspecified atom stereocenters. The number of carboxylic acids is 1. The second-order valence-corrected chi connectivity index (χ2v) is 6.82. The van der Waals surface area contributed by atoms with Crippen LogP contribution >= 0.6 is 0 Å². The van der Waals surface area contributed by atoms with Crippen molar-refractivity contribution in [2.75, 3.05) is 6.61 Å². The van der Waals surface area contributed by atoms with Crippen molar-refractivity contribution in [2.45, 2.75) is 52.1 Å². The minimum Gasteiger partial charge on any atom is -0.494 e. The standard InChI is InChI=1S/C18H27N7O.C2HF3O2/c1-3-4-5-6-7-12-26-16-10-8-15(9-11-16)25-13-17(22-24-25)14(2)21-23-18(19)20;3-2(4,5)1(6)7/h8-11,13H,3-7,12H2,1-2H3,(H4,19,20,23);(H,6,7)/b21-14+;. The first-order valence-electron chi connectivity index (χ1n) is 10.1. The average molecular weight is 471 g/mol. The Morgan fingerprint density at radius 2 is 1.73 bits per heavy atom. The Hall–Kier alpha value is -3.64. The number of hydrogen-bond donors (Lipinski definition) is 3. The Kier molecular flexibility index (Phi) is 11.4. The molecule has 2 rings (SSSR count). The van der Waals surface area contributed by atoms with Gasteiger partial charge in [-0.3, -0.25) is 0 Å². The summed E-state index contributed by atoms with van der Waals surface area (Å²) in [5.41, 5.74) is 12.6. The van der Waals surface area contributed by atoms with Crippen LogP contribution in [0.15, 0.2) is 40.7 Å². The van der Waals surface area contributed by atoms with Gasteiger partial charge in [0.15, 0.2) is 0 Å². The second-order valence-electron chi connectivity index (χ2n) is 6.82. The molecular formula is C20H28F3N7O3. The summed E-state index contributed by atoms with van der Waals surface area (Å²) < 4.78 is 39.2. The molecule has 2 aromatic rings. The van der Waals surface area contributed by atoms with E-state index in [0.717, 1.165) is 24.5 Å². The van der Waals surface area contributed by atoms with Crippen LogP contribution in [-0.2, 0) is 4.79 Å². The number of alkyl halides is 3. The first-order valence-corrected chi connectivity index (χ1v) is 10.1. The minimum absolute atomic E-state index is 0.0994. The number of guanidine groups is 1. The van der Waals surface area contributed by atoms with E-state index in [2.05, 4.69) is 27.4 Å². The van der Waals surface area contributed by atoms with Gasteiger partial charge in [-0.25, -0.2) is 9.48 Å². The van der Waals surface area contributed by atoms with Crippen LogP contribution in [0.1, 0.15) is 51.6 Å². The highest BCUT2D eigenvalue weighted by Crippen LogP contribution is 2.16. The van der Waals surface area contributed by atoms with Gasteiger partial charge in [-0.1, -0.05) is 37.8 Å². The van der Waals surface area contributed by atoms with E-state index in [9.17, 15) is 13.2 Å². The summed E-state index contributed by atoms with van der Waals surface area (Å²) in [6.45, 7) is 4.73. The van der Waals surface area contributed by atoms with Gasteiger partial charge in [0.25, 0.3) is 0 Å². The lowest BCUT2D eigenvalue weighted by molar-refractivity contribution is -0.192. The lowest BCUT2D eigenvalue weighted by Gasteiger charge is -2.07. The fourth-order valence-electron chi connectivity index (χ4n) is 2.33. The van der Waals surface area contributed by atoms with Crippen molar-refractivity contribution in [1.82, 2.24) is 15.0 Å². The lowest BCUT2D eigenvalue weighted by atomic mass is 10.2. The maximum absolute atomic E-state index is 10.6. The van der Waals surface area contributed by atoms with Gasteiger partial charge in [-0.2, -0.15) is 13.2 Å². The number of rotatable bonds is 10. The second kappa shape index (κ2) is 13.7. The number of carboxylic acid groups (broad SMARTS) is 1. The Morgan fingerprint density at radius 1 is 1.12 bits per heavy atom. The predicted octanol–water partition coefficient (Wildman–Crippen LogP) is 3.25. The van der Waals surface area contributed by atoms with Crippen LogP contribution in [0.3, 0.4) is 0 Å². The molecule has 0 spiro atoms. The van der Waals surface area contributed by atoms with Gasteiger partial charge in [0.2, 0.25) is 5.96 Å². The van der Waals surface area contributed by atoms with E-state index in [1.54, 1.807) is 17.8 Å². The fourth-order valence-corrected chi connectivity index (χ4v) is 2.33. The fraction of sp³-hybridized carbons (Fsp3) is 0.450. The molecule has 0 saturated heterocycles. The number of halogens is 3. The van der Waals surface area contributed by atoms with Crippen LogP contribution in [0.25, 0.3) is 5.69 Å². The third-order valence-corrected chi connectivity index (χ3v) is 4.04. The van der Waals surface area contributed by atoms with E-state index < -0.39 is 12.1 Å². The largest absolute Gasteiger partial charge is 0.494 e. The zero-order chi connectivity index (χ0) is 24.9. The molecule has 182 valence electrons. The summed E-state index contributed by atoms with van der Waals surface area (Å²) >= 11 is 0. The number of nitrogens with two attached hydrogens (primary N) is 2. The van der Waals surface area contributed by atoms with E-state index in [1.165, 1.54) is 25.7 Å². The maximum Gasteiger partial charge on any atom is 0.490 e. The first kappa shape index (κ1) is 27.4. The normalized spacial score (nSPS) is 11.4. The minimum atomic E-state index is -5.08. The molecule has 0 aliphatic rings. The smallest absolute Gasteiger partial charge is 0.490 e. The van der Waals surface area contributed by atoms with Crippen LogP contribution < -0.4 is 16.2 Å². The highest BCUT2D eigenvalue weighted by molar-refractivity contribution is 5.97. The third kappa shape index (κ3) is 11.0. The topological polar surface area (TPSA) is 154 Å². The van der Waals surface area contributed by atoms with Crippen molar-refractivity contribution in [2.24, 2.45) is 21.7 Å². The van der Waals surface area contributed by atoms with Gasteiger partial charge < -0.3 is 21.3 Å². The molecule has 1 aromatic carbocycles. The van der Waals surface area contributed by atoms with E-state index in [4.69, 9.17) is 26.1 Å². The van der Waals surface area contributed by atoms with Crippen LogP contribution in [0.4, 0.5) is 13.2 Å². The van der Waals surface area contributed by atoms with Crippen molar-refractivity contribution in [1.29, 1.82) is 0 Å². The molecular weight excluding hydrogens is 443 g/mol. The van der Waals surface area contributed by atoms with Crippen molar-refractivity contribution >= 4 is 17.6 Å². The van der Waals surface area contributed by atoms with Crippen LogP contribution in [0.2, 0.25) is 0 Å². The molecule has 0 fully saturated rings. The number of benzene rings is 1. The van der Waals surface area contributed by atoms with Gasteiger partial charge in [-0.15, -0.1) is 15.3 Å². The third-order valence-electron chi connectivity index (χ3n) is 4.04. The first-order chi connectivity index (χ1) is 15.5. The summed E-state index contributed by atoms with van der Waals surface area (Å²) in [5.74, 6) is -2.00. The number of aromatic nitrogens is 3. The molecule has 10 nitrogen and oxygen atoms in total. The molecule has 0 atom stereocenters. The molecule has 0 aliphatic carbocycles. The van der Waals surface area contributed by atoms with Crippen molar-refractivity contribution < 1.29 is 27.8 Å². The lowest BCUT2D eigenvalue weighted by Crippen LogP contribution is -2.22. The maximum atomic E-state index is 10.6. The van der Waals surface area contributed by atoms with Crippen LogP contribution in [0.5, 0.6) is 5.75 Å². The van der Waals surface area contributed by atoms with E-state index >= 15 is 0 Å². The van der Waals surface area contributed by atoms with Gasteiger partial charge in [-0.05, 0) is 37.6 Å². The van der Waals surface area contributed by atoms with E-state index in [1.807, 2.05) is 24.3 Å². The van der Waals surface area contributed by atoms with Gasteiger partial charge in [0, 0.05) is 0 Å². The van der Waals surface area contributed by atoms with E-state index in [-0.39, 0.29) is 5.96 Å². The quantitative estimate of drug-likeness (QED) is 0.208. The Morgan fingerprint density at radius 3 is 2.27 bits per heavy atom. The zero-order valence-corrected chi connectivity index (χ0v) is 18.4. The number of unbranched alkanes of at least 4 members (excludes halogenated alkanes) is 4. The molecule has 0 radical (unpaired) electrons. The summed E-state index contributed by atoms with van der Waals surface area (Å²) in [5, 5.41) is 22.8. The summed E-state index contributed by atoms with van der Waals surface area (Å²) in [6, 6.07) is 7.74. The van der Waals surface area contributed by atoms with Gasteiger partial charge in [0.05, 0.1) is 24.2 Å². The highest BCUT2D eigenvalue weighted by Gasteiger charge is 2.38. The molecule has 0 amide bonds.